The second-order valence-electron chi connectivity index (χ2n) is 16.0. The Kier molecular flexibility index (Phi) is 10.1. The number of allylic oxidation sites excluding steroid dienone is 8. The Morgan fingerprint density at radius 2 is 1.20 bits per heavy atom. The minimum Gasteiger partial charge on any atom is -0.347 e. The normalized spacial score (nSPS) is 14.6. The summed E-state index contributed by atoms with van der Waals surface area (Å²) in [6.07, 6.45) is 17.8. The number of pyridine rings is 1. The van der Waals surface area contributed by atoms with Gasteiger partial charge in [-0.2, -0.15) is 0 Å². The number of para-hydroxylation sites is 2. The molecule has 9 aromatic rings. The molecule has 64 heavy (non-hydrogen) atoms. The van der Waals surface area contributed by atoms with Gasteiger partial charge in [-0.05, 0) is 89.4 Å². The van der Waals surface area contributed by atoms with Crippen LogP contribution in [0.5, 0.6) is 0 Å². The average molecular weight is 823 g/mol. The molecule has 2 aliphatic rings. The maximum Gasteiger partial charge on any atom is 0.182 e. The van der Waals surface area contributed by atoms with Crippen LogP contribution in [0.25, 0.3) is 78.5 Å². The third-order valence-corrected chi connectivity index (χ3v) is 12.1. The van der Waals surface area contributed by atoms with Crippen molar-refractivity contribution in [2.24, 2.45) is 0 Å². The Morgan fingerprint density at radius 3 is 1.95 bits per heavy atom. The lowest BCUT2D eigenvalue weighted by atomic mass is 9.89. The highest BCUT2D eigenvalue weighted by Crippen LogP contribution is 2.39. The van der Waals surface area contributed by atoms with E-state index in [1.165, 1.54) is 38.8 Å². The Labute approximate surface area is 372 Å². The predicted molar refractivity (Wildman–Crippen MR) is 261 cm³/mol. The van der Waals surface area contributed by atoms with Crippen LogP contribution in [-0.2, 0) is 0 Å². The Morgan fingerprint density at radius 1 is 0.547 bits per heavy atom. The SMILES string of the molecule is CN(C1=CC=CC(c2ccc3c(c2)c2ccccc2n3-c2ccccc2)C1)C1=CC=CC=C=C1c1ccc(-c2ccnc(-c3nc(-c4ccccc4)nc(-c4ccccc4)n3)c2)cc1. The second kappa shape index (κ2) is 16.8. The van der Waals surface area contributed by atoms with E-state index in [9.17, 15) is 0 Å². The summed E-state index contributed by atoms with van der Waals surface area (Å²) in [6.45, 7) is 0. The molecule has 6 nitrogen and oxygen atoms in total. The maximum absolute atomic E-state index is 4.91. The summed E-state index contributed by atoms with van der Waals surface area (Å²) < 4.78 is 2.37. The van der Waals surface area contributed by atoms with Crippen LogP contribution in [0.3, 0.4) is 0 Å². The number of rotatable bonds is 9. The molecule has 0 radical (unpaired) electrons. The second-order valence-corrected chi connectivity index (χ2v) is 16.0. The lowest BCUT2D eigenvalue weighted by molar-refractivity contribution is 0.500. The van der Waals surface area contributed by atoms with Crippen molar-refractivity contribution in [3.63, 3.8) is 0 Å². The Balaban J connectivity index is 0.857. The van der Waals surface area contributed by atoms with Gasteiger partial charge in [-0.1, -0.05) is 152 Å². The molecular weight excluding hydrogens is 781 g/mol. The van der Waals surface area contributed by atoms with E-state index in [0.29, 0.717) is 23.2 Å². The number of aromatic nitrogens is 5. The first kappa shape index (κ1) is 38.5. The number of nitrogens with zero attached hydrogens (tertiary/aromatic N) is 6. The zero-order valence-electron chi connectivity index (χ0n) is 35.3. The van der Waals surface area contributed by atoms with Gasteiger partial charge in [-0.3, -0.25) is 4.98 Å². The van der Waals surface area contributed by atoms with Crippen molar-refractivity contribution in [1.82, 2.24) is 29.4 Å². The number of likely N-dealkylation sites (N-methyl/N-ethyl adjacent to an activating group) is 1. The molecule has 0 N–H and O–H groups in total. The summed E-state index contributed by atoms with van der Waals surface area (Å²) in [4.78, 5) is 21.7. The zero-order valence-corrected chi connectivity index (χ0v) is 35.3. The van der Waals surface area contributed by atoms with Gasteiger partial charge in [0.1, 0.15) is 5.69 Å². The first-order valence-electron chi connectivity index (χ1n) is 21.6. The lowest BCUT2D eigenvalue weighted by Crippen LogP contribution is -2.20. The van der Waals surface area contributed by atoms with Crippen LogP contribution < -0.4 is 0 Å². The van der Waals surface area contributed by atoms with Crippen molar-refractivity contribution < 1.29 is 0 Å². The van der Waals surface area contributed by atoms with Gasteiger partial charge >= 0.3 is 0 Å². The summed E-state index contributed by atoms with van der Waals surface area (Å²) in [5, 5.41) is 2.54. The smallest absolute Gasteiger partial charge is 0.182 e. The topological polar surface area (TPSA) is 59.7 Å². The van der Waals surface area contributed by atoms with Crippen molar-refractivity contribution in [3.05, 3.63) is 247 Å². The molecule has 3 aromatic heterocycles. The van der Waals surface area contributed by atoms with E-state index in [1.54, 1.807) is 0 Å². The highest BCUT2D eigenvalue weighted by atomic mass is 15.1. The highest BCUT2D eigenvalue weighted by molar-refractivity contribution is 6.09. The average Bonchev–Trinajstić information content (AvgIpc) is 3.50. The third-order valence-electron chi connectivity index (χ3n) is 12.1. The molecule has 0 bridgehead atoms. The highest BCUT2D eigenvalue weighted by Gasteiger charge is 2.23. The van der Waals surface area contributed by atoms with Crippen molar-refractivity contribution in [2.45, 2.75) is 12.3 Å². The standard InChI is InChI=1S/C58H42N6/c1-63(48-24-16-21-44(37-48)45-33-34-55-51(38-45)50-26-14-15-28-54(50)64(55)47-22-10-4-11-23-47)53-27-13-5-12-25-49(53)41-31-29-40(30-32-41)46-35-36-59-52(39-46)58-61-56(42-17-6-2-7-18-42)60-57(62-58)43-19-8-3-9-20-43/h2-24,26-36,38-39,44H,37H2,1H3. The summed E-state index contributed by atoms with van der Waals surface area (Å²) in [5.74, 6) is 1.96. The third kappa shape index (κ3) is 7.38. The predicted octanol–water partition coefficient (Wildman–Crippen LogP) is 13.6. The largest absolute Gasteiger partial charge is 0.347 e. The van der Waals surface area contributed by atoms with Gasteiger partial charge in [0.15, 0.2) is 17.5 Å². The first-order chi connectivity index (χ1) is 31.6. The molecule has 0 spiro atoms. The van der Waals surface area contributed by atoms with Crippen LogP contribution in [0, 0.1) is 0 Å². The molecule has 0 amide bonds. The fourth-order valence-electron chi connectivity index (χ4n) is 8.86. The summed E-state index contributed by atoms with van der Waals surface area (Å²) in [7, 11) is 2.17. The molecule has 6 heteroatoms. The molecule has 6 aromatic carbocycles. The van der Waals surface area contributed by atoms with Gasteiger partial charge in [-0.15, -0.1) is 5.73 Å². The first-order valence-corrected chi connectivity index (χ1v) is 21.6. The summed E-state index contributed by atoms with van der Waals surface area (Å²) in [5.41, 5.74) is 17.6. The number of benzene rings is 6. The van der Waals surface area contributed by atoms with Gasteiger partial charge < -0.3 is 9.47 Å². The quantitative estimate of drug-likeness (QED) is 0.136. The van der Waals surface area contributed by atoms with Crippen LogP contribution in [-0.4, -0.2) is 36.5 Å². The van der Waals surface area contributed by atoms with E-state index in [2.05, 4.69) is 156 Å². The molecule has 0 saturated heterocycles. The van der Waals surface area contributed by atoms with Crippen LogP contribution >= 0.6 is 0 Å². The van der Waals surface area contributed by atoms with Gasteiger partial charge in [0.2, 0.25) is 0 Å². The molecular formula is C58H42N6. The Hall–Kier alpha value is -8.44. The molecule has 3 heterocycles. The number of hydrogen-bond donors (Lipinski definition) is 0. The molecule has 0 fully saturated rings. The minimum absolute atomic E-state index is 0.229. The van der Waals surface area contributed by atoms with Gasteiger partial charge in [0, 0.05) is 58.0 Å². The Bertz CT molecular complexity index is 3330. The summed E-state index contributed by atoms with van der Waals surface area (Å²) in [6, 6.07) is 59.2. The van der Waals surface area contributed by atoms with E-state index in [4.69, 9.17) is 19.9 Å². The molecule has 2 aliphatic carbocycles. The maximum atomic E-state index is 4.91. The van der Waals surface area contributed by atoms with Crippen molar-refractivity contribution in [1.29, 1.82) is 0 Å². The van der Waals surface area contributed by atoms with Crippen LogP contribution in [0.1, 0.15) is 23.5 Å². The number of hydrogen-bond acceptors (Lipinski definition) is 5. The van der Waals surface area contributed by atoms with Gasteiger partial charge in [0.05, 0.1) is 16.7 Å². The molecule has 1 unspecified atom stereocenters. The monoisotopic (exact) mass is 822 g/mol. The van der Waals surface area contributed by atoms with Crippen molar-refractivity contribution in [3.8, 4) is 51.1 Å². The van der Waals surface area contributed by atoms with E-state index in [0.717, 1.165) is 45.5 Å². The summed E-state index contributed by atoms with van der Waals surface area (Å²) >= 11 is 0. The minimum atomic E-state index is 0.229. The van der Waals surface area contributed by atoms with Crippen molar-refractivity contribution in [2.75, 3.05) is 7.05 Å². The number of fused-ring (bicyclic) bond motifs is 3. The fraction of sp³-hybridized carbons (Fsp3) is 0.0517. The molecule has 0 saturated carbocycles. The van der Waals surface area contributed by atoms with Gasteiger partial charge in [-0.25, -0.2) is 15.0 Å². The van der Waals surface area contributed by atoms with Crippen molar-refractivity contribution >= 4 is 27.4 Å². The van der Waals surface area contributed by atoms with E-state index >= 15 is 0 Å². The van der Waals surface area contributed by atoms with E-state index in [1.807, 2.05) is 85.1 Å². The lowest BCUT2D eigenvalue weighted by Gasteiger charge is -2.30. The van der Waals surface area contributed by atoms with Gasteiger partial charge in [0.25, 0.3) is 0 Å². The van der Waals surface area contributed by atoms with Crippen LogP contribution in [0.15, 0.2) is 236 Å². The molecule has 304 valence electrons. The molecule has 1 atom stereocenters. The zero-order chi connectivity index (χ0) is 42.8. The fourth-order valence-corrected chi connectivity index (χ4v) is 8.86. The van der Waals surface area contributed by atoms with E-state index < -0.39 is 0 Å². The molecule has 11 rings (SSSR count). The van der Waals surface area contributed by atoms with E-state index in [-0.39, 0.29) is 5.92 Å². The molecule has 0 aliphatic heterocycles. The van der Waals surface area contributed by atoms with Crippen LogP contribution in [0.4, 0.5) is 0 Å². The van der Waals surface area contributed by atoms with Crippen LogP contribution in [0.2, 0.25) is 0 Å².